The summed E-state index contributed by atoms with van der Waals surface area (Å²) in [5.74, 6) is -1.61. The minimum atomic E-state index is -0.607. The summed E-state index contributed by atoms with van der Waals surface area (Å²) in [7, 11) is 0. The van der Waals surface area contributed by atoms with Crippen LogP contribution in [0.5, 0.6) is 0 Å². The van der Waals surface area contributed by atoms with Gasteiger partial charge in [0, 0.05) is 25.9 Å². The van der Waals surface area contributed by atoms with E-state index in [9.17, 15) is 9.59 Å². The first-order valence-corrected chi connectivity index (χ1v) is 7.03. The average Bonchev–Trinajstić information content (AvgIpc) is 3.04. The SMILES string of the molecule is CCCNC(=O)C(=O)NC[C@H]1COC2(CCCC2)O1. The second kappa shape index (κ2) is 6.34. The molecule has 1 saturated heterocycles. The first kappa shape index (κ1) is 14.3. The van der Waals surface area contributed by atoms with Gasteiger partial charge in [0.25, 0.3) is 0 Å². The van der Waals surface area contributed by atoms with Gasteiger partial charge in [-0.3, -0.25) is 9.59 Å². The molecule has 1 aliphatic heterocycles. The van der Waals surface area contributed by atoms with E-state index in [2.05, 4.69) is 10.6 Å². The molecule has 19 heavy (non-hydrogen) atoms. The van der Waals surface area contributed by atoms with Crippen LogP contribution in [0.15, 0.2) is 0 Å². The van der Waals surface area contributed by atoms with Crippen molar-refractivity contribution in [3.63, 3.8) is 0 Å². The van der Waals surface area contributed by atoms with E-state index < -0.39 is 17.6 Å². The standard InChI is InChI=1S/C13H22N2O4/c1-2-7-14-11(16)12(17)15-8-10-9-18-13(19-10)5-3-4-6-13/h10H,2-9H2,1H3,(H,14,16)(H,15,17)/t10-/m0/s1. The van der Waals surface area contributed by atoms with E-state index in [0.717, 1.165) is 32.1 Å². The number of rotatable bonds is 4. The van der Waals surface area contributed by atoms with Crippen molar-refractivity contribution in [2.45, 2.75) is 50.9 Å². The quantitative estimate of drug-likeness (QED) is 0.721. The molecule has 2 fully saturated rings. The van der Waals surface area contributed by atoms with Gasteiger partial charge in [0.05, 0.1) is 6.61 Å². The molecular formula is C13H22N2O4. The third-order valence-corrected chi connectivity index (χ3v) is 3.51. The van der Waals surface area contributed by atoms with Crippen LogP contribution in [0.1, 0.15) is 39.0 Å². The van der Waals surface area contributed by atoms with Crippen LogP contribution in [0.25, 0.3) is 0 Å². The number of carbonyl (C=O) groups excluding carboxylic acids is 2. The van der Waals surface area contributed by atoms with Crippen LogP contribution in [-0.2, 0) is 19.1 Å². The lowest BCUT2D eigenvalue weighted by Gasteiger charge is -2.21. The van der Waals surface area contributed by atoms with Gasteiger partial charge in [0.2, 0.25) is 0 Å². The van der Waals surface area contributed by atoms with Crippen molar-refractivity contribution in [2.75, 3.05) is 19.7 Å². The van der Waals surface area contributed by atoms with E-state index >= 15 is 0 Å². The molecule has 1 saturated carbocycles. The van der Waals surface area contributed by atoms with Gasteiger partial charge in [-0.05, 0) is 19.3 Å². The summed E-state index contributed by atoms with van der Waals surface area (Å²) in [5, 5.41) is 5.12. The second-order valence-electron chi connectivity index (χ2n) is 5.13. The van der Waals surface area contributed by atoms with E-state index in [1.807, 2.05) is 6.92 Å². The topological polar surface area (TPSA) is 76.7 Å². The van der Waals surface area contributed by atoms with Crippen LogP contribution in [0.2, 0.25) is 0 Å². The van der Waals surface area contributed by atoms with Crippen LogP contribution in [0.4, 0.5) is 0 Å². The highest BCUT2D eigenvalue weighted by atomic mass is 16.7. The first-order valence-electron chi connectivity index (χ1n) is 7.03. The molecule has 1 atom stereocenters. The van der Waals surface area contributed by atoms with Crippen molar-refractivity contribution in [3.05, 3.63) is 0 Å². The molecule has 1 heterocycles. The summed E-state index contributed by atoms with van der Waals surface area (Å²) < 4.78 is 11.6. The van der Waals surface area contributed by atoms with Crippen molar-refractivity contribution < 1.29 is 19.1 Å². The van der Waals surface area contributed by atoms with E-state index in [-0.39, 0.29) is 6.10 Å². The zero-order chi connectivity index (χ0) is 13.7. The maximum atomic E-state index is 11.5. The number of ether oxygens (including phenoxy) is 2. The molecule has 0 unspecified atom stereocenters. The first-order chi connectivity index (χ1) is 9.15. The second-order valence-corrected chi connectivity index (χ2v) is 5.13. The summed E-state index contributed by atoms with van der Waals surface area (Å²) in [6, 6.07) is 0. The van der Waals surface area contributed by atoms with Crippen molar-refractivity contribution in [2.24, 2.45) is 0 Å². The molecule has 1 aliphatic carbocycles. The minimum Gasteiger partial charge on any atom is -0.348 e. The minimum absolute atomic E-state index is 0.152. The molecule has 0 radical (unpaired) electrons. The van der Waals surface area contributed by atoms with Gasteiger partial charge in [-0.25, -0.2) is 0 Å². The van der Waals surface area contributed by atoms with Gasteiger partial charge < -0.3 is 20.1 Å². The smallest absolute Gasteiger partial charge is 0.309 e. The van der Waals surface area contributed by atoms with Gasteiger partial charge in [-0.1, -0.05) is 6.92 Å². The lowest BCUT2D eigenvalue weighted by molar-refractivity contribution is -0.161. The van der Waals surface area contributed by atoms with E-state index in [4.69, 9.17) is 9.47 Å². The predicted molar refractivity (Wildman–Crippen MR) is 68.3 cm³/mol. The van der Waals surface area contributed by atoms with Crippen LogP contribution < -0.4 is 10.6 Å². The lowest BCUT2D eigenvalue weighted by atomic mass is 10.2. The van der Waals surface area contributed by atoms with E-state index in [0.29, 0.717) is 19.7 Å². The Morgan fingerprint density at radius 1 is 1.21 bits per heavy atom. The third kappa shape index (κ3) is 3.67. The Kier molecular flexibility index (Phi) is 4.76. The molecule has 1 spiro atoms. The maximum Gasteiger partial charge on any atom is 0.309 e. The molecule has 6 nitrogen and oxygen atoms in total. The monoisotopic (exact) mass is 270 g/mol. The van der Waals surface area contributed by atoms with Crippen LogP contribution >= 0.6 is 0 Å². The zero-order valence-corrected chi connectivity index (χ0v) is 11.4. The van der Waals surface area contributed by atoms with Gasteiger partial charge in [-0.15, -0.1) is 0 Å². The summed E-state index contributed by atoms with van der Waals surface area (Å²) >= 11 is 0. The molecular weight excluding hydrogens is 248 g/mol. The van der Waals surface area contributed by atoms with Gasteiger partial charge in [0.1, 0.15) is 6.10 Å². The Balaban J connectivity index is 1.68. The molecule has 2 amide bonds. The highest BCUT2D eigenvalue weighted by molar-refractivity contribution is 6.35. The Bertz CT molecular complexity index is 340. The van der Waals surface area contributed by atoms with Crippen LogP contribution in [0, 0.1) is 0 Å². The fourth-order valence-electron chi connectivity index (χ4n) is 2.50. The molecule has 108 valence electrons. The van der Waals surface area contributed by atoms with Crippen molar-refractivity contribution >= 4 is 11.8 Å². The molecule has 0 aromatic carbocycles. The number of amides is 2. The molecule has 2 rings (SSSR count). The zero-order valence-electron chi connectivity index (χ0n) is 11.4. The molecule has 2 aliphatic rings. The van der Waals surface area contributed by atoms with Crippen molar-refractivity contribution in [3.8, 4) is 0 Å². The van der Waals surface area contributed by atoms with Crippen LogP contribution in [0.3, 0.4) is 0 Å². The van der Waals surface area contributed by atoms with Crippen molar-refractivity contribution in [1.29, 1.82) is 0 Å². The number of nitrogens with one attached hydrogen (secondary N) is 2. The Labute approximate surface area is 113 Å². The van der Waals surface area contributed by atoms with E-state index in [1.54, 1.807) is 0 Å². The maximum absolute atomic E-state index is 11.5. The largest absolute Gasteiger partial charge is 0.348 e. The fraction of sp³-hybridized carbons (Fsp3) is 0.846. The number of carbonyl (C=O) groups is 2. The molecule has 0 aromatic heterocycles. The summed E-state index contributed by atoms with van der Waals surface area (Å²) in [5.41, 5.74) is 0. The molecule has 0 aromatic rings. The Morgan fingerprint density at radius 3 is 2.58 bits per heavy atom. The lowest BCUT2D eigenvalue weighted by Crippen LogP contribution is -2.43. The van der Waals surface area contributed by atoms with Gasteiger partial charge >= 0.3 is 11.8 Å². The molecule has 0 bridgehead atoms. The van der Waals surface area contributed by atoms with Crippen LogP contribution in [-0.4, -0.2) is 43.4 Å². The third-order valence-electron chi connectivity index (χ3n) is 3.51. The summed E-state index contributed by atoms with van der Waals surface area (Å²) in [6.45, 7) is 3.25. The van der Waals surface area contributed by atoms with Crippen molar-refractivity contribution in [1.82, 2.24) is 10.6 Å². The van der Waals surface area contributed by atoms with Gasteiger partial charge in [0.15, 0.2) is 5.79 Å². The predicted octanol–water partition coefficient (Wildman–Crippen LogP) is 0.315. The molecule has 2 N–H and O–H groups in total. The Hall–Kier alpha value is -1.14. The summed E-state index contributed by atoms with van der Waals surface area (Å²) in [6.07, 6.45) is 4.75. The highest BCUT2D eigenvalue weighted by Crippen LogP contribution is 2.38. The highest BCUT2D eigenvalue weighted by Gasteiger charge is 2.43. The number of hydrogen-bond donors (Lipinski definition) is 2. The summed E-state index contributed by atoms with van der Waals surface area (Å²) in [4.78, 5) is 22.9. The normalized spacial score (nSPS) is 24.6. The molecule has 6 heteroatoms. The fourth-order valence-corrected chi connectivity index (χ4v) is 2.50. The Morgan fingerprint density at radius 2 is 1.89 bits per heavy atom. The van der Waals surface area contributed by atoms with Gasteiger partial charge in [-0.2, -0.15) is 0 Å². The number of hydrogen-bond acceptors (Lipinski definition) is 4. The van der Waals surface area contributed by atoms with E-state index in [1.165, 1.54) is 0 Å². The average molecular weight is 270 g/mol.